The third-order valence-corrected chi connectivity index (χ3v) is 5.35. The van der Waals surface area contributed by atoms with Gasteiger partial charge in [0.1, 0.15) is 0 Å². The highest BCUT2D eigenvalue weighted by Crippen LogP contribution is 2.43. The zero-order valence-corrected chi connectivity index (χ0v) is 12.6. The molecular weight excluding hydrogens is 282 g/mol. The van der Waals surface area contributed by atoms with Gasteiger partial charge in [0, 0.05) is 48.7 Å². The van der Waals surface area contributed by atoms with Crippen molar-refractivity contribution in [1.29, 1.82) is 0 Å². The first-order chi connectivity index (χ1) is 10.3. The van der Waals surface area contributed by atoms with Crippen molar-refractivity contribution in [3.63, 3.8) is 0 Å². The summed E-state index contributed by atoms with van der Waals surface area (Å²) in [7, 11) is 0. The van der Waals surface area contributed by atoms with Gasteiger partial charge in [0.2, 0.25) is 5.91 Å². The molecule has 1 aromatic heterocycles. The summed E-state index contributed by atoms with van der Waals surface area (Å²) in [5, 5.41) is 3.09. The number of para-hydroxylation sites is 1. The Hall–Kier alpha value is -1.88. The Morgan fingerprint density at radius 2 is 2.05 bits per heavy atom. The summed E-state index contributed by atoms with van der Waals surface area (Å²) in [6.45, 7) is 2.77. The fourth-order valence-corrected chi connectivity index (χ4v) is 4.15. The molecule has 2 aliphatic heterocycles. The van der Waals surface area contributed by atoms with Gasteiger partial charge in [0.05, 0.1) is 0 Å². The monoisotopic (exact) mass is 299 g/mol. The SMILES string of the molecule is O=C1CC2(CCN(c3nccs3)C2)CN1c1ccccc1. The van der Waals surface area contributed by atoms with E-state index in [9.17, 15) is 4.79 Å². The zero-order chi connectivity index (χ0) is 14.3. The predicted octanol–water partition coefficient (Wildman–Crippen LogP) is 2.78. The van der Waals surface area contributed by atoms with Crippen molar-refractivity contribution in [1.82, 2.24) is 4.98 Å². The molecule has 4 nitrogen and oxygen atoms in total. The van der Waals surface area contributed by atoms with Gasteiger partial charge in [-0.2, -0.15) is 0 Å². The average Bonchev–Trinajstić information content (AvgIpc) is 3.21. The van der Waals surface area contributed by atoms with Crippen molar-refractivity contribution in [2.75, 3.05) is 29.4 Å². The minimum atomic E-state index is 0.0958. The van der Waals surface area contributed by atoms with Crippen LogP contribution in [-0.4, -0.2) is 30.5 Å². The van der Waals surface area contributed by atoms with E-state index in [1.54, 1.807) is 11.3 Å². The van der Waals surface area contributed by atoms with Gasteiger partial charge in [-0.1, -0.05) is 18.2 Å². The predicted molar refractivity (Wildman–Crippen MR) is 84.8 cm³/mol. The van der Waals surface area contributed by atoms with Crippen LogP contribution in [0.25, 0.3) is 0 Å². The van der Waals surface area contributed by atoms with Gasteiger partial charge in [-0.3, -0.25) is 4.79 Å². The van der Waals surface area contributed by atoms with Crippen LogP contribution in [0, 0.1) is 5.41 Å². The number of anilines is 2. The Morgan fingerprint density at radius 3 is 2.81 bits per heavy atom. The van der Waals surface area contributed by atoms with Crippen LogP contribution in [0.5, 0.6) is 0 Å². The molecule has 4 rings (SSSR count). The first-order valence-electron chi connectivity index (χ1n) is 7.26. The molecule has 2 saturated heterocycles. The normalized spacial score (nSPS) is 25.2. The second-order valence-electron chi connectivity index (χ2n) is 5.98. The molecule has 5 heteroatoms. The molecule has 21 heavy (non-hydrogen) atoms. The number of nitrogens with zero attached hydrogens (tertiary/aromatic N) is 3. The molecule has 2 aliphatic rings. The number of hydrogen-bond donors (Lipinski definition) is 0. The highest BCUT2D eigenvalue weighted by molar-refractivity contribution is 7.13. The van der Waals surface area contributed by atoms with Crippen LogP contribution >= 0.6 is 11.3 Å². The van der Waals surface area contributed by atoms with E-state index in [1.165, 1.54) is 0 Å². The summed E-state index contributed by atoms with van der Waals surface area (Å²) < 4.78 is 0. The van der Waals surface area contributed by atoms with Crippen molar-refractivity contribution >= 4 is 28.1 Å². The summed E-state index contributed by atoms with van der Waals surface area (Å²) >= 11 is 1.68. The van der Waals surface area contributed by atoms with Crippen LogP contribution in [0.3, 0.4) is 0 Å². The molecule has 108 valence electrons. The minimum absolute atomic E-state index is 0.0958. The fraction of sp³-hybridized carbons (Fsp3) is 0.375. The molecule has 1 aromatic carbocycles. The number of hydrogen-bond acceptors (Lipinski definition) is 4. The molecule has 0 N–H and O–H groups in total. The number of aromatic nitrogens is 1. The quantitative estimate of drug-likeness (QED) is 0.855. The lowest BCUT2D eigenvalue weighted by Gasteiger charge is -2.24. The second kappa shape index (κ2) is 4.84. The Labute approximate surface area is 128 Å². The number of benzene rings is 1. The Balaban J connectivity index is 1.54. The first kappa shape index (κ1) is 12.8. The Morgan fingerprint density at radius 1 is 1.19 bits per heavy atom. The number of amides is 1. The number of carbonyl (C=O) groups excluding carboxylic acids is 1. The van der Waals surface area contributed by atoms with Crippen molar-refractivity contribution in [3.05, 3.63) is 41.9 Å². The van der Waals surface area contributed by atoms with Gasteiger partial charge in [-0.25, -0.2) is 4.98 Å². The third kappa shape index (κ3) is 2.21. The van der Waals surface area contributed by atoms with Crippen LogP contribution < -0.4 is 9.80 Å². The smallest absolute Gasteiger partial charge is 0.227 e. The molecule has 1 spiro atoms. The molecule has 1 unspecified atom stereocenters. The molecule has 1 atom stereocenters. The van der Waals surface area contributed by atoms with Gasteiger partial charge in [0.15, 0.2) is 5.13 Å². The average molecular weight is 299 g/mol. The topological polar surface area (TPSA) is 36.4 Å². The molecule has 0 saturated carbocycles. The third-order valence-electron chi connectivity index (χ3n) is 4.52. The van der Waals surface area contributed by atoms with Gasteiger partial charge < -0.3 is 9.80 Å². The highest BCUT2D eigenvalue weighted by Gasteiger charge is 2.48. The molecule has 1 amide bonds. The first-order valence-corrected chi connectivity index (χ1v) is 8.14. The fourth-order valence-electron chi connectivity index (χ4n) is 3.48. The van der Waals surface area contributed by atoms with E-state index in [2.05, 4.69) is 9.88 Å². The maximum atomic E-state index is 12.4. The second-order valence-corrected chi connectivity index (χ2v) is 6.85. The van der Waals surface area contributed by atoms with Gasteiger partial charge >= 0.3 is 0 Å². The number of thiazole rings is 1. The molecule has 0 aliphatic carbocycles. The largest absolute Gasteiger partial charge is 0.347 e. The van der Waals surface area contributed by atoms with Crippen molar-refractivity contribution < 1.29 is 4.79 Å². The lowest BCUT2D eigenvalue weighted by Crippen LogP contribution is -2.31. The van der Waals surface area contributed by atoms with Crippen molar-refractivity contribution in [3.8, 4) is 0 Å². The van der Waals surface area contributed by atoms with Crippen LogP contribution in [0.1, 0.15) is 12.8 Å². The van der Waals surface area contributed by atoms with E-state index >= 15 is 0 Å². The summed E-state index contributed by atoms with van der Waals surface area (Å²) in [6, 6.07) is 10.0. The van der Waals surface area contributed by atoms with Gasteiger partial charge in [0.25, 0.3) is 0 Å². The van der Waals surface area contributed by atoms with E-state index < -0.39 is 0 Å². The maximum absolute atomic E-state index is 12.4. The molecule has 3 heterocycles. The Bertz CT molecular complexity index is 643. The van der Waals surface area contributed by atoms with E-state index in [-0.39, 0.29) is 11.3 Å². The maximum Gasteiger partial charge on any atom is 0.227 e. The Kier molecular flexibility index (Phi) is 2.96. The number of carbonyl (C=O) groups is 1. The van der Waals surface area contributed by atoms with Gasteiger partial charge in [-0.15, -0.1) is 11.3 Å². The van der Waals surface area contributed by atoms with Crippen LogP contribution in [0.15, 0.2) is 41.9 Å². The number of rotatable bonds is 2. The summed E-state index contributed by atoms with van der Waals surface area (Å²) in [4.78, 5) is 21.1. The lowest BCUT2D eigenvalue weighted by atomic mass is 9.86. The van der Waals surface area contributed by atoms with E-state index in [4.69, 9.17) is 0 Å². The molecule has 0 radical (unpaired) electrons. The van der Waals surface area contributed by atoms with E-state index in [0.717, 1.165) is 36.9 Å². The van der Waals surface area contributed by atoms with E-state index in [1.807, 2.05) is 46.8 Å². The lowest BCUT2D eigenvalue weighted by molar-refractivity contribution is -0.117. The summed E-state index contributed by atoms with van der Waals surface area (Å²) in [5.41, 5.74) is 1.12. The van der Waals surface area contributed by atoms with E-state index in [0.29, 0.717) is 6.42 Å². The molecule has 0 bridgehead atoms. The zero-order valence-electron chi connectivity index (χ0n) is 11.7. The molecule has 2 fully saturated rings. The van der Waals surface area contributed by atoms with Crippen LogP contribution in [0.4, 0.5) is 10.8 Å². The molecular formula is C16H17N3OS. The summed E-state index contributed by atoms with van der Waals surface area (Å²) in [6.07, 6.45) is 3.58. The van der Waals surface area contributed by atoms with Crippen molar-refractivity contribution in [2.24, 2.45) is 5.41 Å². The van der Waals surface area contributed by atoms with Crippen molar-refractivity contribution in [2.45, 2.75) is 12.8 Å². The standard InChI is InChI=1S/C16H17N3OS/c20-14-10-16(12-19(14)13-4-2-1-3-5-13)6-8-18(11-16)15-17-7-9-21-15/h1-5,7,9H,6,8,10-12H2. The summed E-state index contributed by atoms with van der Waals surface area (Å²) in [5.74, 6) is 0.252. The van der Waals surface area contributed by atoms with Gasteiger partial charge in [-0.05, 0) is 18.6 Å². The minimum Gasteiger partial charge on any atom is -0.347 e. The van der Waals surface area contributed by atoms with Crippen LogP contribution in [-0.2, 0) is 4.79 Å². The molecule has 2 aromatic rings. The highest BCUT2D eigenvalue weighted by atomic mass is 32.1. The van der Waals surface area contributed by atoms with Crippen LogP contribution in [0.2, 0.25) is 0 Å².